The SMILES string of the molecule is C[C@@H]1[C@H](C)[C@@H](N)[C@H](O)[C@@H]1O. The highest BCUT2D eigenvalue weighted by Gasteiger charge is 2.42. The van der Waals surface area contributed by atoms with Crippen molar-refractivity contribution in [2.75, 3.05) is 0 Å². The van der Waals surface area contributed by atoms with Crippen LogP contribution in [0.4, 0.5) is 0 Å². The molecule has 0 aromatic rings. The lowest BCUT2D eigenvalue weighted by molar-refractivity contribution is 0.0186. The number of hydrogen-bond donors (Lipinski definition) is 3. The first kappa shape index (κ1) is 7.98. The number of aliphatic hydroxyl groups is 2. The fraction of sp³-hybridized carbons (Fsp3) is 1.00. The van der Waals surface area contributed by atoms with Crippen LogP contribution >= 0.6 is 0 Å². The van der Waals surface area contributed by atoms with Crippen LogP contribution < -0.4 is 5.73 Å². The quantitative estimate of drug-likeness (QED) is 0.423. The fourth-order valence-corrected chi connectivity index (χ4v) is 1.51. The molecule has 0 saturated heterocycles. The topological polar surface area (TPSA) is 66.5 Å². The van der Waals surface area contributed by atoms with Crippen LogP contribution in [0, 0.1) is 11.8 Å². The molecule has 0 bridgehead atoms. The molecule has 1 saturated carbocycles. The summed E-state index contributed by atoms with van der Waals surface area (Å²) in [4.78, 5) is 0. The van der Waals surface area contributed by atoms with Crippen molar-refractivity contribution < 1.29 is 10.2 Å². The van der Waals surface area contributed by atoms with E-state index in [0.29, 0.717) is 0 Å². The van der Waals surface area contributed by atoms with Gasteiger partial charge in [0.1, 0.15) is 0 Å². The highest BCUT2D eigenvalue weighted by Crippen LogP contribution is 2.30. The normalized spacial score (nSPS) is 55.5. The minimum Gasteiger partial charge on any atom is -0.390 e. The highest BCUT2D eigenvalue weighted by atomic mass is 16.3. The van der Waals surface area contributed by atoms with Gasteiger partial charge in [0.15, 0.2) is 0 Å². The lowest BCUT2D eigenvalue weighted by Gasteiger charge is -2.12. The van der Waals surface area contributed by atoms with Gasteiger partial charge in [-0.2, -0.15) is 0 Å². The molecular weight excluding hydrogens is 130 g/mol. The average Bonchev–Trinajstić information content (AvgIpc) is 2.07. The van der Waals surface area contributed by atoms with Gasteiger partial charge < -0.3 is 15.9 Å². The minimum absolute atomic E-state index is 0.116. The molecule has 0 spiro atoms. The second-order valence-corrected chi connectivity index (χ2v) is 3.28. The molecule has 0 heterocycles. The van der Waals surface area contributed by atoms with E-state index >= 15 is 0 Å². The summed E-state index contributed by atoms with van der Waals surface area (Å²) in [7, 11) is 0. The van der Waals surface area contributed by atoms with Crippen molar-refractivity contribution in [3.05, 3.63) is 0 Å². The zero-order chi connectivity index (χ0) is 7.89. The molecule has 0 aromatic carbocycles. The van der Waals surface area contributed by atoms with Gasteiger partial charge in [-0.1, -0.05) is 13.8 Å². The molecule has 5 atom stereocenters. The highest BCUT2D eigenvalue weighted by molar-refractivity contribution is 4.96. The van der Waals surface area contributed by atoms with Gasteiger partial charge in [-0.25, -0.2) is 0 Å². The fourth-order valence-electron chi connectivity index (χ4n) is 1.51. The second kappa shape index (κ2) is 2.49. The number of nitrogens with two attached hydrogens (primary N) is 1. The third-order valence-electron chi connectivity index (χ3n) is 2.72. The largest absolute Gasteiger partial charge is 0.390 e. The summed E-state index contributed by atoms with van der Waals surface area (Å²) < 4.78 is 0. The smallest absolute Gasteiger partial charge is 0.0954 e. The lowest BCUT2D eigenvalue weighted by Crippen LogP contribution is -2.37. The van der Waals surface area contributed by atoms with Crippen LogP contribution in [0.3, 0.4) is 0 Å². The van der Waals surface area contributed by atoms with Crippen molar-refractivity contribution in [2.45, 2.75) is 32.1 Å². The van der Waals surface area contributed by atoms with Crippen LogP contribution in [0.1, 0.15) is 13.8 Å². The van der Waals surface area contributed by atoms with Crippen LogP contribution in [0.2, 0.25) is 0 Å². The third kappa shape index (κ3) is 0.944. The Kier molecular flexibility index (Phi) is 1.99. The molecule has 10 heavy (non-hydrogen) atoms. The maximum atomic E-state index is 9.28. The monoisotopic (exact) mass is 145 g/mol. The average molecular weight is 145 g/mol. The molecule has 1 rings (SSSR count). The van der Waals surface area contributed by atoms with E-state index in [1.54, 1.807) is 0 Å². The molecule has 1 aliphatic rings. The van der Waals surface area contributed by atoms with E-state index in [2.05, 4.69) is 0 Å². The van der Waals surface area contributed by atoms with E-state index in [-0.39, 0.29) is 17.9 Å². The predicted molar refractivity (Wildman–Crippen MR) is 38.3 cm³/mol. The third-order valence-corrected chi connectivity index (χ3v) is 2.72. The van der Waals surface area contributed by atoms with Gasteiger partial charge in [0.05, 0.1) is 12.2 Å². The van der Waals surface area contributed by atoms with Crippen LogP contribution in [0.25, 0.3) is 0 Å². The van der Waals surface area contributed by atoms with E-state index in [0.717, 1.165) is 0 Å². The van der Waals surface area contributed by atoms with Crippen molar-refractivity contribution in [1.82, 2.24) is 0 Å². The maximum absolute atomic E-state index is 9.28. The Bertz CT molecular complexity index is 83.9. The zero-order valence-electron chi connectivity index (χ0n) is 6.36. The van der Waals surface area contributed by atoms with E-state index in [4.69, 9.17) is 5.73 Å². The van der Waals surface area contributed by atoms with E-state index < -0.39 is 12.2 Å². The number of hydrogen-bond acceptors (Lipinski definition) is 3. The van der Waals surface area contributed by atoms with E-state index in [1.807, 2.05) is 13.8 Å². The summed E-state index contributed by atoms with van der Waals surface area (Å²) in [5.74, 6) is 0.329. The Hall–Kier alpha value is -0.120. The minimum atomic E-state index is -0.731. The van der Waals surface area contributed by atoms with Gasteiger partial charge in [-0.05, 0) is 11.8 Å². The van der Waals surface area contributed by atoms with E-state index in [1.165, 1.54) is 0 Å². The molecule has 0 unspecified atom stereocenters. The van der Waals surface area contributed by atoms with Gasteiger partial charge >= 0.3 is 0 Å². The molecule has 3 nitrogen and oxygen atoms in total. The molecule has 0 amide bonds. The van der Waals surface area contributed by atoms with Gasteiger partial charge in [-0.3, -0.25) is 0 Å². The summed E-state index contributed by atoms with van der Waals surface area (Å²) in [6, 6.07) is -0.259. The molecule has 4 N–H and O–H groups in total. The molecular formula is C7H15NO2. The Labute approximate surface area is 60.9 Å². The molecule has 1 aliphatic carbocycles. The summed E-state index contributed by atoms with van der Waals surface area (Å²) in [5, 5.41) is 18.5. The van der Waals surface area contributed by atoms with E-state index in [9.17, 15) is 10.2 Å². The van der Waals surface area contributed by atoms with Gasteiger partial charge in [0.25, 0.3) is 0 Å². The Morgan fingerprint density at radius 3 is 1.60 bits per heavy atom. The van der Waals surface area contributed by atoms with Gasteiger partial charge in [0.2, 0.25) is 0 Å². The Balaban J connectivity index is 2.68. The van der Waals surface area contributed by atoms with Crippen LogP contribution in [0.5, 0.6) is 0 Å². The second-order valence-electron chi connectivity index (χ2n) is 3.28. The van der Waals surface area contributed by atoms with Crippen LogP contribution in [-0.4, -0.2) is 28.5 Å². The molecule has 1 fully saturated rings. The summed E-state index contributed by atoms with van der Waals surface area (Å²) in [6.07, 6.45) is -1.37. The van der Waals surface area contributed by atoms with Gasteiger partial charge in [0, 0.05) is 6.04 Å². The summed E-state index contributed by atoms with van der Waals surface area (Å²) in [6.45, 7) is 3.86. The predicted octanol–water partition coefficient (Wildman–Crippen LogP) is -0.679. The molecule has 3 heteroatoms. The first-order valence-electron chi connectivity index (χ1n) is 3.67. The van der Waals surface area contributed by atoms with Gasteiger partial charge in [-0.15, -0.1) is 0 Å². The molecule has 0 radical (unpaired) electrons. The van der Waals surface area contributed by atoms with Crippen molar-refractivity contribution in [3.8, 4) is 0 Å². The zero-order valence-corrected chi connectivity index (χ0v) is 6.36. The van der Waals surface area contributed by atoms with Crippen molar-refractivity contribution >= 4 is 0 Å². The number of rotatable bonds is 0. The molecule has 0 aromatic heterocycles. The molecule has 0 aliphatic heterocycles. The van der Waals surface area contributed by atoms with Crippen molar-refractivity contribution in [3.63, 3.8) is 0 Å². The lowest BCUT2D eigenvalue weighted by atomic mass is 9.97. The summed E-state index contributed by atoms with van der Waals surface area (Å²) in [5.41, 5.74) is 5.59. The van der Waals surface area contributed by atoms with Crippen molar-refractivity contribution in [1.29, 1.82) is 0 Å². The Morgan fingerprint density at radius 1 is 1.00 bits per heavy atom. The molecule has 60 valence electrons. The maximum Gasteiger partial charge on any atom is 0.0954 e. The van der Waals surface area contributed by atoms with Crippen LogP contribution in [0.15, 0.2) is 0 Å². The Morgan fingerprint density at radius 2 is 1.50 bits per heavy atom. The standard InChI is InChI=1S/C7H15NO2/c1-3-4(2)6(9)7(10)5(3)8/h3-7,9-10H,8H2,1-2H3/t3-,4+,5+,6+,7-/m0/s1. The first-order chi connectivity index (χ1) is 4.55. The summed E-state index contributed by atoms with van der Waals surface area (Å²) >= 11 is 0. The van der Waals surface area contributed by atoms with Crippen molar-refractivity contribution in [2.24, 2.45) is 17.6 Å². The number of aliphatic hydroxyl groups excluding tert-OH is 2. The first-order valence-corrected chi connectivity index (χ1v) is 3.67. The van der Waals surface area contributed by atoms with Crippen LogP contribution in [-0.2, 0) is 0 Å².